The van der Waals surface area contributed by atoms with Gasteiger partial charge in [0.05, 0.1) is 11.6 Å². The summed E-state index contributed by atoms with van der Waals surface area (Å²) >= 11 is 0. The van der Waals surface area contributed by atoms with Gasteiger partial charge < -0.3 is 4.90 Å². The first-order valence-electron chi connectivity index (χ1n) is 7.92. The number of benzene rings is 1. The highest BCUT2D eigenvalue weighted by Crippen LogP contribution is 2.58. The van der Waals surface area contributed by atoms with Crippen LogP contribution in [0, 0.1) is 29.1 Å². The first-order chi connectivity index (χ1) is 9.68. The Morgan fingerprint density at radius 1 is 1.10 bits per heavy atom. The third kappa shape index (κ3) is 1.76. The summed E-state index contributed by atoms with van der Waals surface area (Å²) in [7, 11) is 2.25. The van der Waals surface area contributed by atoms with E-state index in [0.29, 0.717) is 5.54 Å². The van der Waals surface area contributed by atoms with Crippen LogP contribution in [-0.2, 0) is 0 Å². The van der Waals surface area contributed by atoms with Gasteiger partial charge in [0.1, 0.15) is 0 Å². The zero-order chi connectivity index (χ0) is 13.7. The van der Waals surface area contributed by atoms with Crippen molar-refractivity contribution in [1.29, 1.82) is 5.26 Å². The number of hydrogen-bond donors (Lipinski definition) is 0. The van der Waals surface area contributed by atoms with Gasteiger partial charge in [0.25, 0.3) is 0 Å². The highest BCUT2D eigenvalue weighted by molar-refractivity contribution is 5.53. The minimum absolute atomic E-state index is 0.378. The lowest BCUT2D eigenvalue weighted by molar-refractivity contribution is -0.00200. The largest absolute Gasteiger partial charge is 0.369 e. The molecule has 0 N–H and O–H groups in total. The van der Waals surface area contributed by atoms with Crippen molar-refractivity contribution >= 4 is 5.69 Å². The Bertz CT molecular complexity index is 534. The molecule has 0 amide bonds. The third-order valence-electron chi connectivity index (χ3n) is 6.08. The van der Waals surface area contributed by atoms with Crippen molar-refractivity contribution in [2.45, 2.75) is 44.1 Å². The fourth-order valence-electron chi connectivity index (χ4n) is 5.53. The van der Waals surface area contributed by atoms with E-state index in [0.717, 1.165) is 23.3 Å². The van der Waals surface area contributed by atoms with E-state index in [1.165, 1.54) is 44.2 Å². The minimum atomic E-state index is 0.378. The second kappa shape index (κ2) is 4.25. The summed E-state index contributed by atoms with van der Waals surface area (Å²) in [5, 5.41) is 9.11. The molecular formula is C18H22N2. The second-order valence-corrected chi connectivity index (χ2v) is 7.36. The van der Waals surface area contributed by atoms with Crippen LogP contribution in [0.1, 0.15) is 44.1 Å². The third-order valence-corrected chi connectivity index (χ3v) is 6.08. The van der Waals surface area contributed by atoms with E-state index in [1.807, 2.05) is 12.1 Å². The molecule has 4 saturated carbocycles. The highest BCUT2D eigenvalue weighted by Gasteiger charge is 2.52. The first-order valence-corrected chi connectivity index (χ1v) is 7.92. The molecular weight excluding hydrogens is 244 g/mol. The molecule has 4 aliphatic rings. The second-order valence-electron chi connectivity index (χ2n) is 7.36. The topological polar surface area (TPSA) is 27.0 Å². The van der Waals surface area contributed by atoms with Crippen LogP contribution in [0.15, 0.2) is 24.3 Å². The Morgan fingerprint density at radius 2 is 1.70 bits per heavy atom. The molecule has 1 aromatic carbocycles. The van der Waals surface area contributed by atoms with Gasteiger partial charge in [-0.3, -0.25) is 0 Å². The first kappa shape index (κ1) is 12.3. The highest BCUT2D eigenvalue weighted by atomic mass is 15.2. The van der Waals surface area contributed by atoms with E-state index in [4.69, 9.17) is 5.26 Å². The molecule has 4 fully saturated rings. The monoisotopic (exact) mass is 266 g/mol. The Labute approximate surface area is 121 Å². The number of anilines is 1. The molecule has 4 aliphatic carbocycles. The Kier molecular flexibility index (Phi) is 2.61. The van der Waals surface area contributed by atoms with E-state index < -0.39 is 0 Å². The lowest BCUT2D eigenvalue weighted by Gasteiger charge is -2.60. The van der Waals surface area contributed by atoms with Gasteiger partial charge in [0.2, 0.25) is 0 Å². The molecule has 5 rings (SSSR count). The minimum Gasteiger partial charge on any atom is -0.369 e. The van der Waals surface area contributed by atoms with Gasteiger partial charge in [-0.1, -0.05) is 6.07 Å². The maximum Gasteiger partial charge on any atom is 0.0992 e. The van der Waals surface area contributed by atoms with Crippen molar-refractivity contribution in [2.24, 2.45) is 17.8 Å². The Balaban J connectivity index is 1.68. The summed E-state index contributed by atoms with van der Waals surface area (Å²) in [6.45, 7) is 0. The molecule has 0 atom stereocenters. The van der Waals surface area contributed by atoms with Crippen LogP contribution in [0.25, 0.3) is 0 Å². The summed E-state index contributed by atoms with van der Waals surface area (Å²) < 4.78 is 0. The normalized spacial score (nSPS) is 37.7. The Hall–Kier alpha value is -1.49. The van der Waals surface area contributed by atoms with Gasteiger partial charge in [0, 0.05) is 18.3 Å². The van der Waals surface area contributed by atoms with Crippen molar-refractivity contribution in [1.82, 2.24) is 0 Å². The maximum atomic E-state index is 9.11. The van der Waals surface area contributed by atoms with Gasteiger partial charge >= 0.3 is 0 Å². The van der Waals surface area contributed by atoms with E-state index >= 15 is 0 Å². The molecule has 1 aromatic rings. The number of rotatable bonds is 2. The van der Waals surface area contributed by atoms with Crippen molar-refractivity contribution < 1.29 is 0 Å². The van der Waals surface area contributed by atoms with E-state index in [9.17, 15) is 0 Å². The van der Waals surface area contributed by atoms with Crippen molar-refractivity contribution in [2.75, 3.05) is 11.9 Å². The molecule has 0 aromatic heterocycles. The summed E-state index contributed by atoms with van der Waals surface area (Å²) in [5.74, 6) is 2.88. The molecule has 0 unspecified atom stereocenters. The molecule has 0 heterocycles. The van der Waals surface area contributed by atoms with Crippen LogP contribution in [-0.4, -0.2) is 12.6 Å². The van der Waals surface area contributed by atoms with Gasteiger partial charge in [-0.2, -0.15) is 5.26 Å². The predicted octanol–water partition coefficient (Wildman–Crippen LogP) is 3.96. The molecule has 0 radical (unpaired) electrons. The number of nitrogens with zero attached hydrogens (tertiary/aromatic N) is 2. The Morgan fingerprint density at radius 3 is 2.25 bits per heavy atom. The average Bonchev–Trinajstić information content (AvgIpc) is 2.45. The number of nitriles is 1. The van der Waals surface area contributed by atoms with Crippen LogP contribution >= 0.6 is 0 Å². The zero-order valence-corrected chi connectivity index (χ0v) is 12.2. The van der Waals surface area contributed by atoms with Crippen LogP contribution in [0.2, 0.25) is 0 Å². The smallest absolute Gasteiger partial charge is 0.0992 e. The number of hydrogen-bond acceptors (Lipinski definition) is 2. The summed E-state index contributed by atoms with van der Waals surface area (Å²) in [4.78, 5) is 2.51. The lowest BCUT2D eigenvalue weighted by atomic mass is 9.52. The fourth-order valence-corrected chi connectivity index (χ4v) is 5.53. The fraction of sp³-hybridized carbons (Fsp3) is 0.611. The van der Waals surface area contributed by atoms with Gasteiger partial charge in [0.15, 0.2) is 0 Å². The molecule has 20 heavy (non-hydrogen) atoms. The average molecular weight is 266 g/mol. The van der Waals surface area contributed by atoms with Gasteiger partial charge in [-0.05, 0) is 74.5 Å². The van der Waals surface area contributed by atoms with Crippen LogP contribution in [0.5, 0.6) is 0 Å². The molecule has 104 valence electrons. The van der Waals surface area contributed by atoms with E-state index in [2.05, 4.69) is 30.1 Å². The molecule has 2 nitrogen and oxygen atoms in total. The van der Waals surface area contributed by atoms with E-state index in [1.54, 1.807) is 0 Å². The molecule has 0 saturated heterocycles. The SMILES string of the molecule is CN(c1cccc(C#N)c1)C12CC3CC(CC(C3)C1)C2. The summed E-state index contributed by atoms with van der Waals surface area (Å²) in [6.07, 6.45) is 8.53. The van der Waals surface area contributed by atoms with E-state index in [-0.39, 0.29) is 0 Å². The standard InChI is InChI=1S/C18H22N2/c1-20(17-4-2-3-13(8-17)12-19)18-9-14-5-15(10-18)7-16(6-14)11-18/h2-4,8,14-16H,5-7,9-11H2,1H3. The quantitative estimate of drug-likeness (QED) is 0.810. The molecule has 2 heteroatoms. The molecule has 4 bridgehead atoms. The van der Waals surface area contributed by atoms with Gasteiger partial charge in [-0.25, -0.2) is 0 Å². The predicted molar refractivity (Wildman–Crippen MR) is 80.5 cm³/mol. The molecule has 0 spiro atoms. The van der Waals surface area contributed by atoms with Crippen LogP contribution in [0.3, 0.4) is 0 Å². The molecule has 0 aliphatic heterocycles. The maximum absolute atomic E-state index is 9.11. The van der Waals surface area contributed by atoms with Crippen molar-refractivity contribution in [3.8, 4) is 6.07 Å². The summed E-state index contributed by atoms with van der Waals surface area (Å²) in [6, 6.07) is 10.4. The zero-order valence-electron chi connectivity index (χ0n) is 12.2. The summed E-state index contributed by atoms with van der Waals surface area (Å²) in [5.41, 5.74) is 2.38. The van der Waals surface area contributed by atoms with Gasteiger partial charge in [-0.15, -0.1) is 0 Å². The van der Waals surface area contributed by atoms with Crippen LogP contribution < -0.4 is 4.90 Å². The lowest BCUT2D eigenvalue weighted by Crippen LogP contribution is -2.59. The van der Waals surface area contributed by atoms with Crippen molar-refractivity contribution in [3.63, 3.8) is 0 Å². The van der Waals surface area contributed by atoms with Crippen molar-refractivity contribution in [3.05, 3.63) is 29.8 Å². The van der Waals surface area contributed by atoms with Crippen LogP contribution in [0.4, 0.5) is 5.69 Å².